The molecule has 0 aliphatic carbocycles. The molecule has 0 fully saturated rings. The second-order valence-corrected chi connectivity index (χ2v) is 6.73. The summed E-state index contributed by atoms with van der Waals surface area (Å²) in [7, 11) is 0. The molecule has 148 valence electrons. The summed E-state index contributed by atoms with van der Waals surface area (Å²) in [5.74, 6) is 0.176. The van der Waals surface area contributed by atoms with Gasteiger partial charge in [-0.05, 0) is 57.2 Å². The molecule has 2 aromatic rings. The van der Waals surface area contributed by atoms with Crippen molar-refractivity contribution in [3.8, 4) is 5.75 Å². The summed E-state index contributed by atoms with van der Waals surface area (Å²) in [4.78, 5) is 37.3. The Bertz CT molecular complexity index is 844. The Balaban J connectivity index is 2.03. The maximum Gasteiger partial charge on any atom is 0.226 e. The SMILES string of the molecule is CC(=O)c1ccc(N(CCC(=O)Nc2ccccc2OC(C)C)C(C)=O)cc1. The van der Waals surface area contributed by atoms with E-state index in [4.69, 9.17) is 4.74 Å². The summed E-state index contributed by atoms with van der Waals surface area (Å²) < 4.78 is 5.70. The van der Waals surface area contributed by atoms with Crippen LogP contribution in [0.4, 0.5) is 11.4 Å². The van der Waals surface area contributed by atoms with E-state index in [9.17, 15) is 14.4 Å². The molecule has 0 unspecified atom stereocenters. The van der Waals surface area contributed by atoms with Crippen LogP contribution in [0.25, 0.3) is 0 Å². The molecule has 0 saturated heterocycles. The Kier molecular flexibility index (Phi) is 7.32. The lowest BCUT2D eigenvalue weighted by Crippen LogP contribution is -2.32. The van der Waals surface area contributed by atoms with Crippen molar-refractivity contribution < 1.29 is 19.1 Å². The molecule has 0 radical (unpaired) electrons. The Morgan fingerprint density at radius 3 is 2.21 bits per heavy atom. The molecule has 0 heterocycles. The first-order valence-corrected chi connectivity index (χ1v) is 9.22. The first-order valence-electron chi connectivity index (χ1n) is 9.22. The fourth-order valence-corrected chi connectivity index (χ4v) is 2.70. The fourth-order valence-electron chi connectivity index (χ4n) is 2.70. The van der Waals surface area contributed by atoms with E-state index in [-0.39, 0.29) is 36.7 Å². The molecule has 0 atom stereocenters. The largest absolute Gasteiger partial charge is 0.489 e. The van der Waals surface area contributed by atoms with Gasteiger partial charge in [-0.25, -0.2) is 0 Å². The van der Waals surface area contributed by atoms with Crippen molar-refractivity contribution in [2.75, 3.05) is 16.8 Å². The van der Waals surface area contributed by atoms with Crippen LogP contribution in [-0.4, -0.2) is 30.2 Å². The highest BCUT2D eigenvalue weighted by atomic mass is 16.5. The molecular weight excluding hydrogens is 356 g/mol. The number of ketones is 1. The van der Waals surface area contributed by atoms with Gasteiger partial charge in [-0.3, -0.25) is 14.4 Å². The number of anilines is 2. The zero-order valence-corrected chi connectivity index (χ0v) is 16.7. The van der Waals surface area contributed by atoms with Gasteiger partial charge in [0.05, 0.1) is 11.8 Å². The van der Waals surface area contributed by atoms with Gasteiger partial charge in [-0.15, -0.1) is 0 Å². The van der Waals surface area contributed by atoms with Gasteiger partial charge < -0.3 is 15.0 Å². The number of para-hydroxylation sites is 2. The number of carbonyl (C=O) groups is 3. The standard InChI is InChI=1S/C22H26N2O4/c1-15(2)28-21-8-6-5-7-20(21)23-22(27)13-14-24(17(4)26)19-11-9-18(10-12-19)16(3)25/h5-12,15H,13-14H2,1-4H3,(H,23,27). The normalized spacial score (nSPS) is 10.5. The second kappa shape index (κ2) is 9.69. The van der Waals surface area contributed by atoms with Crippen LogP contribution < -0.4 is 15.0 Å². The Morgan fingerprint density at radius 2 is 1.64 bits per heavy atom. The predicted molar refractivity (Wildman–Crippen MR) is 110 cm³/mol. The summed E-state index contributed by atoms with van der Waals surface area (Å²) in [6.45, 7) is 7.00. The molecule has 0 aliphatic rings. The number of hydrogen-bond acceptors (Lipinski definition) is 4. The van der Waals surface area contributed by atoms with Crippen molar-refractivity contribution in [2.24, 2.45) is 0 Å². The second-order valence-electron chi connectivity index (χ2n) is 6.73. The Morgan fingerprint density at radius 1 is 1.00 bits per heavy atom. The first-order chi connectivity index (χ1) is 13.3. The first kappa shape index (κ1) is 21.2. The summed E-state index contributed by atoms with van der Waals surface area (Å²) >= 11 is 0. The highest BCUT2D eigenvalue weighted by Crippen LogP contribution is 2.25. The average Bonchev–Trinajstić information content (AvgIpc) is 2.63. The lowest BCUT2D eigenvalue weighted by molar-refractivity contribution is -0.117. The van der Waals surface area contributed by atoms with Crippen molar-refractivity contribution in [3.63, 3.8) is 0 Å². The van der Waals surface area contributed by atoms with E-state index in [2.05, 4.69) is 5.32 Å². The van der Waals surface area contributed by atoms with Gasteiger partial charge >= 0.3 is 0 Å². The highest BCUT2D eigenvalue weighted by Gasteiger charge is 2.15. The highest BCUT2D eigenvalue weighted by molar-refractivity contribution is 5.97. The zero-order chi connectivity index (χ0) is 20.7. The van der Waals surface area contributed by atoms with Crippen LogP contribution in [-0.2, 0) is 9.59 Å². The molecule has 1 N–H and O–H groups in total. The van der Waals surface area contributed by atoms with Gasteiger partial charge in [-0.2, -0.15) is 0 Å². The van der Waals surface area contributed by atoms with Crippen LogP contribution in [0.15, 0.2) is 48.5 Å². The number of benzene rings is 2. The van der Waals surface area contributed by atoms with E-state index in [0.29, 0.717) is 22.7 Å². The number of nitrogens with one attached hydrogen (secondary N) is 1. The molecule has 6 heteroatoms. The third-order valence-electron chi connectivity index (χ3n) is 4.05. The van der Waals surface area contributed by atoms with Gasteiger partial charge in [0, 0.05) is 31.1 Å². The van der Waals surface area contributed by atoms with Crippen LogP contribution in [0.1, 0.15) is 44.5 Å². The maximum atomic E-state index is 12.4. The van der Waals surface area contributed by atoms with Crippen LogP contribution in [0, 0.1) is 0 Å². The van der Waals surface area contributed by atoms with Crippen molar-refractivity contribution >= 4 is 29.0 Å². The minimum absolute atomic E-state index is 0.00997. The Labute approximate surface area is 165 Å². The Hall–Kier alpha value is -3.15. The van der Waals surface area contributed by atoms with Crippen molar-refractivity contribution in [2.45, 2.75) is 40.2 Å². The fraction of sp³-hybridized carbons (Fsp3) is 0.318. The summed E-state index contributed by atoms with van der Waals surface area (Å²) in [6, 6.07) is 14.0. The molecule has 0 bridgehead atoms. The lowest BCUT2D eigenvalue weighted by atomic mass is 10.1. The number of amides is 2. The van der Waals surface area contributed by atoms with E-state index in [1.54, 1.807) is 36.4 Å². The van der Waals surface area contributed by atoms with E-state index in [1.165, 1.54) is 18.7 Å². The number of rotatable bonds is 8. The lowest BCUT2D eigenvalue weighted by Gasteiger charge is -2.21. The monoisotopic (exact) mass is 382 g/mol. The number of carbonyl (C=O) groups excluding carboxylic acids is 3. The molecular formula is C22H26N2O4. The molecule has 6 nitrogen and oxygen atoms in total. The van der Waals surface area contributed by atoms with Crippen LogP contribution in [0.3, 0.4) is 0 Å². The van der Waals surface area contributed by atoms with Crippen LogP contribution in [0.2, 0.25) is 0 Å². The third kappa shape index (κ3) is 5.94. The molecule has 2 amide bonds. The molecule has 0 aromatic heterocycles. The quantitative estimate of drug-likeness (QED) is 0.699. The van der Waals surface area contributed by atoms with E-state index in [0.717, 1.165) is 0 Å². The summed E-state index contributed by atoms with van der Waals surface area (Å²) in [6.07, 6.45) is 0.119. The van der Waals surface area contributed by atoms with Crippen molar-refractivity contribution in [1.82, 2.24) is 0 Å². The van der Waals surface area contributed by atoms with E-state index >= 15 is 0 Å². The van der Waals surface area contributed by atoms with Gasteiger partial charge in [-0.1, -0.05) is 12.1 Å². The molecule has 0 aliphatic heterocycles. The van der Waals surface area contributed by atoms with Crippen molar-refractivity contribution in [1.29, 1.82) is 0 Å². The minimum Gasteiger partial charge on any atom is -0.489 e. The summed E-state index contributed by atoms with van der Waals surface area (Å²) in [5, 5.41) is 2.84. The van der Waals surface area contributed by atoms with E-state index < -0.39 is 0 Å². The molecule has 0 spiro atoms. The van der Waals surface area contributed by atoms with Crippen molar-refractivity contribution in [3.05, 3.63) is 54.1 Å². The molecule has 0 saturated carbocycles. The van der Waals surface area contributed by atoms with Gasteiger partial charge in [0.2, 0.25) is 11.8 Å². The van der Waals surface area contributed by atoms with Gasteiger partial charge in [0.1, 0.15) is 5.75 Å². The summed E-state index contributed by atoms with van der Waals surface area (Å²) in [5.41, 5.74) is 1.82. The third-order valence-corrected chi connectivity index (χ3v) is 4.05. The topological polar surface area (TPSA) is 75.7 Å². The van der Waals surface area contributed by atoms with Crippen LogP contribution in [0.5, 0.6) is 5.75 Å². The number of ether oxygens (including phenoxy) is 1. The predicted octanol–water partition coefficient (Wildman–Crippen LogP) is 4.06. The average molecular weight is 382 g/mol. The number of hydrogen-bond donors (Lipinski definition) is 1. The molecule has 2 rings (SSSR count). The van der Waals surface area contributed by atoms with Gasteiger partial charge in [0.15, 0.2) is 5.78 Å². The minimum atomic E-state index is -0.216. The van der Waals surface area contributed by atoms with Gasteiger partial charge in [0.25, 0.3) is 0 Å². The van der Waals surface area contributed by atoms with Crippen LogP contribution >= 0.6 is 0 Å². The number of Topliss-reactive ketones (excluding diaryl/α,β-unsaturated/α-hetero) is 1. The maximum absolute atomic E-state index is 12.4. The van der Waals surface area contributed by atoms with E-state index in [1.807, 2.05) is 26.0 Å². The molecule has 28 heavy (non-hydrogen) atoms. The molecule has 2 aromatic carbocycles. The zero-order valence-electron chi connectivity index (χ0n) is 16.7. The smallest absolute Gasteiger partial charge is 0.226 e. The number of nitrogens with zero attached hydrogens (tertiary/aromatic N) is 1.